The molecule has 3 heterocycles. The number of halogens is 2. The Balaban J connectivity index is 0.00000596. The zero-order valence-electron chi connectivity index (χ0n) is 41.2. The number of hydrogen-bond donors (Lipinski definition) is 0. The molecular weight excluding hydrogens is 1070 g/mol. The molecule has 362 valence electrons. The maximum Gasteiger partial charge on any atom is 0.135 e. The van der Waals surface area contributed by atoms with Crippen LogP contribution in [-0.4, -0.2) is 9.55 Å². The molecule has 0 spiro atoms. The van der Waals surface area contributed by atoms with Gasteiger partial charge in [0.05, 0.1) is 0 Å². The first kappa shape index (κ1) is 48.3. The topological polar surface area (TPSA) is 33.5 Å². The van der Waals surface area contributed by atoms with Gasteiger partial charge in [-0.3, -0.25) is 0 Å². The quantitative estimate of drug-likeness (QED) is 0.128. The van der Waals surface area contributed by atoms with Crippen molar-refractivity contribution in [1.29, 1.82) is 0 Å². The maximum absolute atomic E-state index is 14.8. The van der Waals surface area contributed by atoms with E-state index in [1.54, 1.807) is 0 Å². The molecule has 0 atom stereocenters. The second kappa shape index (κ2) is 19.3. The predicted octanol–water partition coefficient (Wildman–Crippen LogP) is 17.8. The third-order valence-electron chi connectivity index (χ3n) is 13.5. The van der Waals surface area contributed by atoms with E-state index in [1.165, 1.54) is 39.9 Å². The summed E-state index contributed by atoms with van der Waals surface area (Å²) in [5.41, 5.74) is 14.4. The number of benzene rings is 8. The molecule has 0 amide bonds. The number of pyridine rings is 1. The average molecular weight is 1130 g/mol. The minimum atomic E-state index is -0.635. The SMILES string of the molecule is CC(C)c1cc(-c2ccccc2)cc(C(C)C)c1-c1cc(Oc2[c-]c3c(cc2)c2ccccc2n3-c2cc(C(C)(C)C)ccn2)[c-]c(N2[CH-]N(c3ccccc3-c3cc(F)cc(F)c3)c3ccccc32)c1.[Pt]. The van der Waals surface area contributed by atoms with Gasteiger partial charge in [0, 0.05) is 73.0 Å². The van der Waals surface area contributed by atoms with Gasteiger partial charge in [-0.25, -0.2) is 13.8 Å². The molecule has 72 heavy (non-hydrogen) atoms. The van der Waals surface area contributed by atoms with Crippen LogP contribution in [0.3, 0.4) is 0 Å². The largest absolute Gasteiger partial charge is 0.509 e. The fourth-order valence-electron chi connectivity index (χ4n) is 10.0. The number of rotatable bonds is 10. The summed E-state index contributed by atoms with van der Waals surface area (Å²) < 4.78 is 38.7. The first-order valence-corrected chi connectivity index (χ1v) is 24.3. The van der Waals surface area contributed by atoms with Crippen LogP contribution in [0.5, 0.6) is 11.5 Å². The summed E-state index contributed by atoms with van der Waals surface area (Å²) in [6.07, 6.45) is 1.89. The van der Waals surface area contributed by atoms with E-state index >= 15 is 0 Å². The summed E-state index contributed by atoms with van der Waals surface area (Å²) in [7, 11) is 0. The minimum absolute atomic E-state index is 0. The van der Waals surface area contributed by atoms with Crippen molar-refractivity contribution in [2.75, 3.05) is 9.80 Å². The third kappa shape index (κ3) is 9.00. The van der Waals surface area contributed by atoms with Gasteiger partial charge in [0.1, 0.15) is 17.5 Å². The monoisotopic (exact) mass is 1130 g/mol. The van der Waals surface area contributed by atoms with E-state index in [2.05, 4.69) is 184 Å². The molecular formula is C64H53F2N4OPt-3. The van der Waals surface area contributed by atoms with Gasteiger partial charge in [0.15, 0.2) is 0 Å². The van der Waals surface area contributed by atoms with E-state index in [0.717, 1.165) is 67.6 Å². The molecule has 8 aromatic carbocycles. The number of aromatic nitrogens is 2. The molecule has 8 heteroatoms. The van der Waals surface area contributed by atoms with Crippen LogP contribution in [0.25, 0.3) is 61.0 Å². The Morgan fingerprint density at radius 1 is 0.556 bits per heavy atom. The molecule has 0 aliphatic carbocycles. The molecule has 0 N–H and O–H groups in total. The summed E-state index contributed by atoms with van der Waals surface area (Å²) >= 11 is 0. The van der Waals surface area contributed by atoms with E-state index in [0.29, 0.717) is 22.6 Å². The van der Waals surface area contributed by atoms with Crippen LogP contribution in [0.1, 0.15) is 77.0 Å². The van der Waals surface area contributed by atoms with Gasteiger partial charge in [0.2, 0.25) is 0 Å². The fraction of sp³-hybridized carbons (Fsp3) is 0.156. The van der Waals surface area contributed by atoms with E-state index in [-0.39, 0.29) is 38.3 Å². The number of para-hydroxylation sites is 4. The second-order valence-corrected chi connectivity index (χ2v) is 20.0. The van der Waals surface area contributed by atoms with Gasteiger partial charge in [-0.15, -0.1) is 53.6 Å². The number of fused-ring (bicyclic) bond motifs is 4. The molecule has 11 rings (SSSR count). The molecule has 0 fully saturated rings. The number of nitrogens with zero attached hydrogens (tertiary/aromatic N) is 4. The van der Waals surface area contributed by atoms with E-state index < -0.39 is 11.6 Å². The summed E-state index contributed by atoms with van der Waals surface area (Å²) in [5, 5.41) is 2.14. The van der Waals surface area contributed by atoms with Crippen LogP contribution in [0, 0.1) is 30.4 Å². The van der Waals surface area contributed by atoms with E-state index in [4.69, 9.17) is 9.72 Å². The summed E-state index contributed by atoms with van der Waals surface area (Å²) in [6.45, 7) is 17.7. The minimum Gasteiger partial charge on any atom is -0.509 e. The van der Waals surface area contributed by atoms with Crippen molar-refractivity contribution >= 4 is 44.6 Å². The van der Waals surface area contributed by atoms with Gasteiger partial charge in [0.25, 0.3) is 0 Å². The third-order valence-corrected chi connectivity index (χ3v) is 13.5. The molecule has 0 bridgehead atoms. The average Bonchev–Trinajstić information content (AvgIpc) is 3.92. The zero-order chi connectivity index (χ0) is 49.1. The molecule has 1 aliphatic heterocycles. The van der Waals surface area contributed by atoms with Crippen molar-refractivity contribution in [3.05, 3.63) is 223 Å². The molecule has 0 unspecified atom stereocenters. The van der Waals surface area contributed by atoms with Gasteiger partial charge in [-0.2, -0.15) is 6.07 Å². The van der Waals surface area contributed by atoms with Crippen molar-refractivity contribution in [2.45, 2.75) is 65.7 Å². The van der Waals surface area contributed by atoms with Gasteiger partial charge < -0.3 is 19.1 Å². The molecule has 10 aromatic rings. The van der Waals surface area contributed by atoms with Crippen LogP contribution in [-0.2, 0) is 26.5 Å². The Kier molecular flexibility index (Phi) is 13.0. The molecule has 0 saturated carbocycles. The Morgan fingerprint density at radius 3 is 1.89 bits per heavy atom. The summed E-state index contributed by atoms with van der Waals surface area (Å²) in [5.74, 6) is 0.956. The maximum atomic E-state index is 14.8. The first-order valence-electron chi connectivity index (χ1n) is 24.3. The van der Waals surface area contributed by atoms with Gasteiger partial charge in [-0.05, 0) is 110 Å². The predicted molar refractivity (Wildman–Crippen MR) is 287 cm³/mol. The van der Waals surface area contributed by atoms with E-state index in [9.17, 15) is 8.78 Å². The molecule has 0 saturated heterocycles. The Hall–Kier alpha value is -7.34. The van der Waals surface area contributed by atoms with Crippen LogP contribution in [0.4, 0.5) is 31.5 Å². The van der Waals surface area contributed by atoms with E-state index in [1.807, 2.05) is 55.3 Å². The Labute approximate surface area is 435 Å². The van der Waals surface area contributed by atoms with Crippen molar-refractivity contribution in [2.24, 2.45) is 0 Å². The van der Waals surface area contributed by atoms with Crippen molar-refractivity contribution < 1.29 is 34.6 Å². The molecule has 1 aliphatic rings. The Morgan fingerprint density at radius 2 is 1.19 bits per heavy atom. The second-order valence-electron chi connectivity index (χ2n) is 20.0. The normalized spacial score (nSPS) is 12.5. The Bertz CT molecular complexity index is 3600. The van der Waals surface area contributed by atoms with Crippen LogP contribution < -0.4 is 14.5 Å². The smallest absolute Gasteiger partial charge is 0.135 e. The number of anilines is 4. The standard InChI is InChI=1S/C64H53F2N4O.Pt/c1-40(2)55-33-43(42-17-9-8-10-18-42)34-56(41(3)4)63(55)45-31-49(68-39-69(60-24-16-15-23-59(60)68)57-21-13-11-19-52(57)44-29-47(65)36-48(66)30-44)37-51(32-45)71-50-25-26-54-53-20-12-14-22-58(53)70(61(54)38-50)62-35-46(27-28-67-62)64(5,6)7;/h8-36,39-41H,1-7H3;/q-3;. The zero-order valence-corrected chi connectivity index (χ0v) is 43.5. The van der Waals surface area contributed by atoms with Crippen LogP contribution >= 0.6 is 0 Å². The molecule has 2 aromatic heterocycles. The molecule has 0 radical (unpaired) electrons. The number of ether oxygens (including phenoxy) is 1. The van der Waals surface area contributed by atoms with Gasteiger partial charge in [-0.1, -0.05) is 145 Å². The summed E-state index contributed by atoms with van der Waals surface area (Å²) in [6, 6.07) is 63.2. The molecule has 5 nitrogen and oxygen atoms in total. The van der Waals surface area contributed by atoms with Gasteiger partial charge >= 0.3 is 0 Å². The van der Waals surface area contributed by atoms with Crippen LogP contribution in [0.15, 0.2) is 176 Å². The number of hydrogen-bond acceptors (Lipinski definition) is 4. The fourth-order valence-corrected chi connectivity index (χ4v) is 10.0. The summed E-state index contributed by atoms with van der Waals surface area (Å²) in [4.78, 5) is 9.10. The van der Waals surface area contributed by atoms with Crippen molar-refractivity contribution in [3.63, 3.8) is 0 Å². The first-order chi connectivity index (χ1) is 34.3. The van der Waals surface area contributed by atoms with Crippen LogP contribution in [0.2, 0.25) is 0 Å². The van der Waals surface area contributed by atoms with Crippen molar-refractivity contribution in [1.82, 2.24) is 9.55 Å². The van der Waals surface area contributed by atoms with Crippen molar-refractivity contribution in [3.8, 4) is 50.7 Å².